The summed E-state index contributed by atoms with van der Waals surface area (Å²) in [6.45, 7) is 6.16. The molecular weight excluding hydrogens is 1100 g/mol. The molecule has 0 radical (unpaired) electrons. The Morgan fingerprint density at radius 3 is 0.821 bits per heavy atom. The minimum atomic E-state index is -4.70. The van der Waals surface area contributed by atoms with E-state index in [2.05, 4.69) is 11.1 Å². The second-order valence-electron chi connectivity index (χ2n) is 21.2. The smallest absolute Gasteiger partial charge is 0.308 e. The Bertz CT molecular complexity index is 4210. The Kier molecular flexibility index (Phi) is 12.9. The zero-order valence-corrected chi connectivity index (χ0v) is 44.6. The van der Waals surface area contributed by atoms with Gasteiger partial charge in [0.15, 0.2) is 0 Å². The average molecular weight is 1140 g/mol. The fourth-order valence-corrected chi connectivity index (χ4v) is 11.5. The van der Waals surface area contributed by atoms with Crippen molar-refractivity contribution in [2.45, 2.75) is 52.4 Å². The lowest BCUT2D eigenvalue weighted by Crippen LogP contribution is -2.06. The first kappa shape index (κ1) is 54.9. The number of nitrogens with zero attached hydrogens (tertiary/aromatic N) is 4. The van der Waals surface area contributed by atoms with Gasteiger partial charge in [-0.1, -0.05) is 72.8 Å². The van der Waals surface area contributed by atoms with E-state index in [9.17, 15) is 57.9 Å². The average Bonchev–Trinajstić information content (AvgIpc) is 1.67. The highest BCUT2D eigenvalue weighted by molar-refractivity contribution is 6.13. The summed E-state index contributed by atoms with van der Waals surface area (Å²) in [6.07, 6.45) is -15.7. The summed E-state index contributed by atoms with van der Waals surface area (Å²) in [5.41, 5.74) is 3.04. The molecule has 12 aromatic rings. The third kappa shape index (κ3) is 9.96. The number of pyridine rings is 1. The van der Waals surface area contributed by atoms with Crippen LogP contribution < -0.4 is 0 Å². The van der Waals surface area contributed by atoms with Gasteiger partial charge in [0, 0.05) is 33.9 Å². The van der Waals surface area contributed by atoms with Gasteiger partial charge < -0.3 is 9.13 Å². The number of fused-ring (bicyclic) bond motifs is 6. The van der Waals surface area contributed by atoms with Crippen LogP contribution in [0.2, 0.25) is 0 Å². The van der Waals surface area contributed by atoms with E-state index in [1.165, 1.54) is 0 Å². The first-order valence-corrected chi connectivity index (χ1v) is 26.1. The zero-order valence-electron chi connectivity index (χ0n) is 44.6. The minimum Gasteiger partial charge on any atom is -0.308 e. The Labute approximate surface area is 471 Å². The van der Waals surface area contributed by atoms with Gasteiger partial charge in [-0.15, -0.1) is 0 Å². The number of halogens is 12. The second-order valence-corrected chi connectivity index (χ2v) is 21.2. The van der Waals surface area contributed by atoms with Crippen LogP contribution in [0.1, 0.15) is 50.1 Å². The highest BCUT2D eigenvalue weighted by Gasteiger charge is 2.35. The molecule has 418 valence electrons. The Hall–Kier alpha value is -9.62. The molecule has 0 aliphatic heterocycles. The highest BCUT2D eigenvalue weighted by atomic mass is 19.4. The van der Waals surface area contributed by atoms with E-state index in [0.717, 1.165) is 48.5 Å². The van der Waals surface area contributed by atoms with Crippen LogP contribution in [0.15, 0.2) is 182 Å². The lowest BCUT2D eigenvalue weighted by atomic mass is 9.98. The van der Waals surface area contributed by atoms with Crippen molar-refractivity contribution >= 4 is 43.6 Å². The van der Waals surface area contributed by atoms with Gasteiger partial charge in [0.25, 0.3) is 0 Å². The molecule has 12 rings (SSSR count). The van der Waals surface area contributed by atoms with Crippen LogP contribution in [0.4, 0.5) is 52.7 Å². The Balaban J connectivity index is 1.22. The highest BCUT2D eigenvalue weighted by Crippen LogP contribution is 2.46. The van der Waals surface area contributed by atoms with Crippen LogP contribution in [0, 0.1) is 39.0 Å². The quantitative estimate of drug-likeness (QED) is 0.149. The molecule has 3 heterocycles. The molecule has 0 unspecified atom stereocenters. The van der Waals surface area contributed by atoms with Crippen molar-refractivity contribution < 1.29 is 52.7 Å². The number of hydrogen-bond acceptors (Lipinski definition) is 2. The fraction of sp³-hybridized carbons (Fsp3) is 0.118. The topological polar surface area (TPSA) is 46.5 Å². The van der Waals surface area contributed by atoms with Gasteiger partial charge in [-0.3, -0.25) is 4.98 Å². The minimum absolute atomic E-state index is 0.0216. The molecule has 16 heteroatoms. The zero-order chi connectivity index (χ0) is 59.5. The number of alkyl halides is 12. The van der Waals surface area contributed by atoms with Gasteiger partial charge >= 0.3 is 24.7 Å². The molecular formula is C68H42F12N4. The van der Waals surface area contributed by atoms with Crippen LogP contribution in [0.25, 0.3) is 111 Å². The number of aryl methyl sites for hydroxylation is 4. The van der Waals surface area contributed by atoms with E-state index in [1.807, 2.05) is 0 Å². The van der Waals surface area contributed by atoms with Crippen LogP contribution >= 0.6 is 0 Å². The maximum Gasteiger partial charge on any atom is 0.416 e. The van der Waals surface area contributed by atoms with Gasteiger partial charge in [-0.05, 0) is 203 Å². The number of aromatic nitrogens is 3. The van der Waals surface area contributed by atoms with Crippen molar-refractivity contribution in [3.63, 3.8) is 0 Å². The maximum absolute atomic E-state index is 14.4. The van der Waals surface area contributed by atoms with Crippen molar-refractivity contribution in [1.82, 2.24) is 14.1 Å². The molecule has 0 atom stereocenters. The van der Waals surface area contributed by atoms with Crippen LogP contribution in [0.3, 0.4) is 0 Å². The standard InChI is InChI=1S/C68H42F12N4/c1-36-17-45(25-50(21-36)65(69,70)71)41-5-9-54-55-10-6-42(46-18-37(2)22-51(26-46)66(72,73)74)30-60(55)83(59(54)29-41)63-33-49(40-13-15-82-16-14-40)34-64(58(63)35-81)84-61-31-43(47-19-38(3)23-52(27-47)67(75,76)77)7-11-56(61)57-12-8-44(32-62(57)84)48-20-39(4)24-53(28-48)68(78,79)80/h5-34H,1-4H3. The van der Waals surface area contributed by atoms with E-state index in [1.54, 1.807) is 171 Å². The van der Waals surface area contributed by atoms with E-state index in [-0.39, 0.29) is 39.2 Å². The Morgan fingerprint density at radius 1 is 0.310 bits per heavy atom. The van der Waals surface area contributed by atoms with Crippen molar-refractivity contribution in [1.29, 1.82) is 5.26 Å². The van der Waals surface area contributed by atoms with Crippen molar-refractivity contribution in [2.75, 3.05) is 0 Å². The summed E-state index contributed by atoms with van der Waals surface area (Å²) in [5, 5.41) is 14.1. The third-order valence-electron chi connectivity index (χ3n) is 15.2. The van der Waals surface area contributed by atoms with Crippen LogP contribution in [-0.4, -0.2) is 14.1 Å². The molecule has 84 heavy (non-hydrogen) atoms. The van der Waals surface area contributed by atoms with Crippen LogP contribution in [-0.2, 0) is 24.7 Å². The molecule has 0 aliphatic rings. The molecule has 4 nitrogen and oxygen atoms in total. The van der Waals surface area contributed by atoms with E-state index < -0.39 is 47.0 Å². The molecule has 0 saturated heterocycles. The monoisotopic (exact) mass is 1140 g/mol. The lowest BCUT2D eigenvalue weighted by Gasteiger charge is -2.19. The first-order chi connectivity index (χ1) is 39.7. The SMILES string of the molecule is Cc1cc(-c2ccc3c4ccc(-c5cc(C)cc(C(F)(F)F)c5)cc4n(-c4cc(-c5ccncc5)cc(-n5c6cc(-c7cc(C)cc(C(F)(F)F)c7)ccc6c6ccc(-c7cc(C)cc(C(F)(F)F)c7)cc65)c4C#N)c3c2)cc(C(F)(F)F)c1. The summed E-state index contributed by atoms with van der Waals surface area (Å²) >= 11 is 0. The fourth-order valence-electron chi connectivity index (χ4n) is 11.5. The molecule has 0 spiro atoms. The van der Waals surface area contributed by atoms with Crippen molar-refractivity contribution in [3.8, 4) is 73.1 Å². The molecule has 0 fully saturated rings. The number of benzene rings is 9. The number of nitriles is 1. The summed E-state index contributed by atoms with van der Waals surface area (Å²) in [6, 6.07) is 44.3. The summed E-state index contributed by atoms with van der Waals surface area (Å²) in [5.74, 6) is 0. The number of rotatable bonds is 7. The molecule has 0 N–H and O–H groups in total. The summed E-state index contributed by atoms with van der Waals surface area (Å²) < 4.78 is 177. The molecule has 0 aliphatic carbocycles. The second kappa shape index (κ2) is 19.8. The first-order valence-electron chi connectivity index (χ1n) is 26.1. The van der Waals surface area contributed by atoms with Gasteiger partial charge in [0.1, 0.15) is 11.6 Å². The maximum atomic E-state index is 14.4. The van der Waals surface area contributed by atoms with Crippen molar-refractivity contribution in [3.05, 3.63) is 232 Å². The molecule has 0 bridgehead atoms. The van der Waals surface area contributed by atoms with Gasteiger partial charge in [-0.2, -0.15) is 57.9 Å². The predicted octanol–water partition coefficient (Wildman–Crippen LogP) is 20.8. The molecule has 9 aromatic carbocycles. The van der Waals surface area contributed by atoms with E-state index in [0.29, 0.717) is 99.2 Å². The molecule has 0 amide bonds. The largest absolute Gasteiger partial charge is 0.416 e. The van der Waals surface area contributed by atoms with E-state index >= 15 is 0 Å². The number of hydrogen-bond donors (Lipinski definition) is 0. The van der Waals surface area contributed by atoms with Gasteiger partial charge in [-0.25, -0.2) is 0 Å². The summed E-state index contributed by atoms with van der Waals surface area (Å²) in [4.78, 5) is 4.23. The third-order valence-corrected chi connectivity index (χ3v) is 15.2. The molecule has 3 aromatic heterocycles. The Morgan fingerprint density at radius 2 is 0.571 bits per heavy atom. The van der Waals surface area contributed by atoms with Crippen LogP contribution in [0.5, 0.6) is 0 Å². The van der Waals surface area contributed by atoms with Gasteiger partial charge in [0.05, 0.1) is 55.7 Å². The predicted molar refractivity (Wildman–Crippen MR) is 304 cm³/mol. The van der Waals surface area contributed by atoms with E-state index in [4.69, 9.17) is 0 Å². The van der Waals surface area contributed by atoms with Crippen molar-refractivity contribution in [2.24, 2.45) is 0 Å². The molecule has 0 saturated carbocycles. The normalized spacial score (nSPS) is 12.5. The van der Waals surface area contributed by atoms with Gasteiger partial charge in [0.2, 0.25) is 0 Å². The summed E-state index contributed by atoms with van der Waals surface area (Å²) in [7, 11) is 0. The lowest BCUT2D eigenvalue weighted by molar-refractivity contribution is -0.138.